The van der Waals surface area contributed by atoms with Crippen LogP contribution in [0, 0.1) is 0 Å². The number of aryl methyl sites for hydroxylation is 3. The number of imidazole rings is 1. The van der Waals surface area contributed by atoms with E-state index in [0.717, 1.165) is 12.8 Å². The van der Waals surface area contributed by atoms with E-state index in [1.165, 1.54) is 37.2 Å². The Morgan fingerprint density at radius 1 is 1.14 bits per heavy atom. The van der Waals surface area contributed by atoms with Crippen molar-refractivity contribution in [3.8, 4) is 0 Å². The van der Waals surface area contributed by atoms with Gasteiger partial charge in [0.1, 0.15) is 5.82 Å². The highest BCUT2D eigenvalue weighted by molar-refractivity contribution is 5.04. The maximum atomic E-state index is 4.65. The zero-order valence-corrected chi connectivity index (χ0v) is 9.71. The molecule has 0 amide bonds. The fourth-order valence-electron chi connectivity index (χ4n) is 1.62. The van der Waals surface area contributed by atoms with Gasteiger partial charge in [0.05, 0.1) is 5.69 Å². The van der Waals surface area contributed by atoms with Crippen LogP contribution in [-0.4, -0.2) is 9.55 Å². The van der Waals surface area contributed by atoms with Gasteiger partial charge >= 0.3 is 0 Å². The second kappa shape index (κ2) is 5.84. The quantitative estimate of drug-likeness (QED) is 0.680. The molecule has 1 rings (SSSR count). The van der Waals surface area contributed by atoms with Gasteiger partial charge in [-0.15, -0.1) is 0 Å². The first-order chi connectivity index (χ1) is 6.77. The van der Waals surface area contributed by atoms with Crippen LogP contribution >= 0.6 is 0 Å². The van der Waals surface area contributed by atoms with Gasteiger partial charge in [0.25, 0.3) is 0 Å². The van der Waals surface area contributed by atoms with Gasteiger partial charge in [0, 0.05) is 19.7 Å². The average Bonchev–Trinajstić information content (AvgIpc) is 2.53. The zero-order chi connectivity index (χ0) is 10.4. The monoisotopic (exact) mass is 194 g/mol. The van der Waals surface area contributed by atoms with Crippen molar-refractivity contribution in [2.24, 2.45) is 7.05 Å². The summed E-state index contributed by atoms with van der Waals surface area (Å²) in [6.45, 7) is 4.45. The Bertz CT molecular complexity index is 263. The normalized spacial score (nSPS) is 10.8. The minimum absolute atomic E-state index is 1.12. The van der Waals surface area contributed by atoms with Crippen LogP contribution < -0.4 is 0 Å². The summed E-state index contributed by atoms with van der Waals surface area (Å²) in [5.41, 5.74) is 1.26. The lowest BCUT2D eigenvalue weighted by molar-refractivity contribution is 0.710. The van der Waals surface area contributed by atoms with Gasteiger partial charge in [0.2, 0.25) is 0 Å². The van der Waals surface area contributed by atoms with Crippen molar-refractivity contribution < 1.29 is 0 Å². The molecule has 14 heavy (non-hydrogen) atoms. The molecule has 0 unspecified atom stereocenters. The fraction of sp³-hybridized carbons (Fsp3) is 0.750. The molecule has 0 bridgehead atoms. The SMILES string of the molecule is CCCCc1cn(C)c(CCCC)n1. The maximum absolute atomic E-state index is 4.65. The van der Waals surface area contributed by atoms with Crippen molar-refractivity contribution >= 4 is 0 Å². The van der Waals surface area contributed by atoms with E-state index in [9.17, 15) is 0 Å². The topological polar surface area (TPSA) is 17.8 Å². The Balaban J connectivity index is 2.53. The van der Waals surface area contributed by atoms with Crippen molar-refractivity contribution in [2.45, 2.75) is 52.4 Å². The van der Waals surface area contributed by atoms with E-state index in [2.05, 4.69) is 36.6 Å². The number of hydrogen-bond donors (Lipinski definition) is 0. The average molecular weight is 194 g/mol. The van der Waals surface area contributed by atoms with Crippen LogP contribution in [0.15, 0.2) is 6.20 Å². The summed E-state index contributed by atoms with van der Waals surface area (Å²) in [6, 6.07) is 0. The molecule has 1 aromatic heterocycles. The Kier molecular flexibility index (Phi) is 4.71. The predicted octanol–water partition coefficient (Wildman–Crippen LogP) is 3.11. The molecular formula is C12H22N2. The Morgan fingerprint density at radius 3 is 2.43 bits per heavy atom. The maximum Gasteiger partial charge on any atom is 0.108 e. The first kappa shape index (κ1) is 11.3. The number of aromatic nitrogens is 2. The molecule has 0 saturated heterocycles. The third kappa shape index (κ3) is 3.17. The standard InChI is InChI=1S/C12H22N2/c1-4-6-8-11-10-14(3)12(13-11)9-7-5-2/h10H,4-9H2,1-3H3. The minimum Gasteiger partial charge on any atom is -0.338 e. The van der Waals surface area contributed by atoms with Gasteiger partial charge in [-0.1, -0.05) is 26.7 Å². The van der Waals surface area contributed by atoms with Gasteiger partial charge < -0.3 is 4.57 Å². The number of hydrogen-bond acceptors (Lipinski definition) is 1. The first-order valence-corrected chi connectivity index (χ1v) is 5.79. The van der Waals surface area contributed by atoms with Gasteiger partial charge in [-0.3, -0.25) is 0 Å². The largest absolute Gasteiger partial charge is 0.338 e. The summed E-state index contributed by atoms with van der Waals surface area (Å²) in [7, 11) is 2.10. The van der Waals surface area contributed by atoms with E-state index in [0.29, 0.717) is 0 Å². The third-order valence-electron chi connectivity index (χ3n) is 2.56. The van der Waals surface area contributed by atoms with Crippen LogP contribution in [0.1, 0.15) is 51.0 Å². The lowest BCUT2D eigenvalue weighted by Crippen LogP contribution is -1.96. The zero-order valence-electron chi connectivity index (χ0n) is 9.71. The summed E-state index contributed by atoms with van der Waals surface area (Å²) in [6.07, 6.45) is 9.44. The minimum atomic E-state index is 1.12. The van der Waals surface area contributed by atoms with Crippen LogP contribution in [0.5, 0.6) is 0 Å². The smallest absolute Gasteiger partial charge is 0.108 e. The van der Waals surface area contributed by atoms with Crippen molar-refractivity contribution in [1.82, 2.24) is 9.55 Å². The molecule has 0 saturated carbocycles. The van der Waals surface area contributed by atoms with Gasteiger partial charge in [-0.25, -0.2) is 4.98 Å². The van der Waals surface area contributed by atoms with Crippen molar-refractivity contribution in [3.05, 3.63) is 17.7 Å². The summed E-state index contributed by atoms with van der Waals surface area (Å²) in [5.74, 6) is 1.25. The molecule has 2 heteroatoms. The molecule has 0 aliphatic rings. The molecule has 0 N–H and O–H groups in total. The number of nitrogens with zero attached hydrogens (tertiary/aromatic N) is 2. The van der Waals surface area contributed by atoms with E-state index in [4.69, 9.17) is 0 Å². The van der Waals surface area contributed by atoms with Crippen molar-refractivity contribution in [2.75, 3.05) is 0 Å². The van der Waals surface area contributed by atoms with E-state index in [-0.39, 0.29) is 0 Å². The summed E-state index contributed by atoms with van der Waals surface area (Å²) < 4.78 is 2.18. The molecule has 0 fully saturated rings. The molecular weight excluding hydrogens is 172 g/mol. The molecule has 80 valence electrons. The molecule has 1 heterocycles. The molecule has 0 aliphatic carbocycles. The Labute approximate surface area is 87.4 Å². The van der Waals surface area contributed by atoms with E-state index < -0.39 is 0 Å². The number of rotatable bonds is 6. The highest BCUT2D eigenvalue weighted by Gasteiger charge is 2.03. The molecule has 0 spiro atoms. The molecule has 0 aliphatic heterocycles. The molecule has 0 atom stereocenters. The van der Waals surface area contributed by atoms with Crippen LogP contribution in [-0.2, 0) is 19.9 Å². The summed E-state index contributed by atoms with van der Waals surface area (Å²) in [4.78, 5) is 4.65. The fourth-order valence-corrected chi connectivity index (χ4v) is 1.62. The first-order valence-electron chi connectivity index (χ1n) is 5.79. The summed E-state index contributed by atoms with van der Waals surface area (Å²) >= 11 is 0. The lowest BCUT2D eigenvalue weighted by atomic mass is 10.2. The van der Waals surface area contributed by atoms with Crippen molar-refractivity contribution in [3.63, 3.8) is 0 Å². The molecule has 0 radical (unpaired) electrons. The van der Waals surface area contributed by atoms with Crippen LogP contribution in [0.25, 0.3) is 0 Å². The lowest BCUT2D eigenvalue weighted by Gasteiger charge is -1.98. The van der Waals surface area contributed by atoms with Crippen LogP contribution in [0.2, 0.25) is 0 Å². The Morgan fingerprint density at radius 2 is 1.79 bits per heavy atom. The van der Waals surface area contributed by atoms with Gasteiger partial charge in [-0.2, -0.15) is 0 Å². The van der Waals surface area contributed by atoms with Crippen LogP contribution in [0.4, 0.5) is 0 Å². The third-order valence-corrected chi connectivity index (χ3v) is 2.56. The summed E-state index contributed by atoms with van der Waals surface area (Å²) in [5, 5.41) is 0. The van der Waals surface area contributed by atoms with Gasteiger partial charge in [0.15, 0.2) is 0 Å². The molecule has 2 nitrogen and oxygen atoms in total. The number of unbranched alkanes of at least 4 members (excludes halogenated alkanes) is 2. The van der Waals surface area contributed by atoms with Gasteiger partial charge in [-0.05, 0) is 19.3 Å². The second-order valence-corrected chi connectivity index (χ2v) is 3.97. The van der Waals surface area contributed by atoms with E-state index in [1.54, 1.807) is 0 Å². The molecule has 1 aromatic rings. The van der Waals surface area contributed by atoms with E-state index >= 15 is 0 Å². The predicted molar refractivity (Wildman–Crippen MR) is 60.4 cm³/mol. The second-order valence-electron chi connectivity index (χ2n) is 3.97. The molecule has 0 aromatic carbocycles. The van der Waals surface area contributed by atoms with Crippen molar-refractivity contribution in [1.29, 1.82) is 0 Å². The highest BCUT2D eigenvalue weighted by Crippen LogP contribution is 2.08. The Hall–Kier alpha value is -0.790. The van der Waals surface area contributed by atoms with Crippen LogP contribution in [0.3, 0.4) is 0 Å². The highest BCUT2D eigenvalue weighted by atomic mass is 15.0. The van der Waals surface area contributed by atoms with E-state index in [1.807, 2.05) is 0 Å².